The predicted octanol–water partition coefficient (Wildman–Crippen LogP) is -0.326. The van der Waals surface area contributed by atoms with Crippen molar-refractivity contribution in [2.24, 2.45) is 0 Å². The predicted molar refractivity (Wildman–Crippen MR) is 113 cm³/mol. The Morgan fingerprint density at radius 1 is 0.909 bits per heavy atom. The number of carbonyl (C=O) groups is 6. The van der Waals surface area contributed by atoms with Crippen LogP contribution >= 0.6 is 15.9 Å². The standard InChI is InChI=1S/C19H26BrN3O10/c1-10(24)30-8-14(32-12(3)26)15(9-31-11(2)25)33-16(20)7-21-6-13-17(27)22(4)19(29)23(5)18(13)28/h6,14-16,21H,7-9H2,1-5H3/t14-,15?,16-/m0/s1. The third-order valence-corrected chi connectivity index (χ3v) is 4.66. The summed E-state index contributed by atoms with van der Waals surface area (Å²) in [7, 11) is 2.49. The Hall–Kier alpha value is -3.00. The Bertz CT molecular complexity index is 805. The maximum atomic E-state index is 12.2. The number of ether oxygens (including phenoxy) is 4. The third-order valence-electron chi connectivity index (χ3n) is 4.12. The highest BCUT2D eigenvalue weighted by Crippen LogP contribution is 2.15. The maximum absolute atomic E-state index is 12.2. The lowest BCUT2D eigenvalue weighted by Crippen LogP contribution is -2.53. The van der Waals surface area contributed by atoms with Crippen LogP contribution in [0.15, 0.2) is 11.8 Å². The lowest BCUT2D eigenvalue weighted by atomic mass is 10.2. The number of amides is 4. The molecule has 1 aliphatic heterocycles. The summed E-state index contributed by atoms with van der Waals surface area (Å²) in [6.45, 7) is 2.86. The summed E-state index contributed by atoms with van der Waals surface area (Å²) < 4.78 is 20.7. The van der Waals surface area contributed by atoms with Crippen LogP contribution in [0.4, 0.5) is 4.79 Å². The summed E-state index contributed by atoms with van der Waals surface area (Å²) >= 11 is 3.24. The Labute approximate surface area is 198 Å². The van der Waals surface area contributed by atoms with Crippen LogP contribution < -0.4 is 5.32 Å². The van der Waals surface area contributed by atoms with Crippen molar-refractivity contribution < 1.29 is 47.7 Å². The molecule has 0 aromatic carbocycles. The molecule has 1 rings (SSSR count). The third kappa shape index (κ3) is 8.81. The number of carbonyl (C=O) groups excluding carboxylic acids is 6. The van der Waals surface area contributed by atoms with E-state index in [1.54, 1.807) is 0 Å². The molecule has 1 unspecified atom stereocenters. The van der Waals surface area contributed by atoms with E-state index in [-0.39, 0.29) is 25.3 Å². The average molecular weight is 536 g/mol. The fourth-order valence-corrected chi connectivity index (χ4v) is 2.99. The van der Waals surface area contributed by atoms with Crippen LogP contribution in [0.5, 0.6) is 0 Å². The van der Waals surface area contributed by atoms with E-state index in [0.717, 1.165) is 22.9 Å². The molecule has 0 saturated carbocycles. The van der Waals surface area contributed by atoms with E-state index in [2.05, 4.69) is 21.2 Å². The minimum absolute atomic E-state index is 0.00234. The molecule has 33 heavy (non-hydrogen) atoms. The fourth-order valence-electron chi connectivity index (χ4n) is 2.53. The Morgan fingerprint density at radius 3 is 1.85 bits per heavy atom. The first-order valence-corrected chi connectivity index (χ1v) is 10.5. The van der Waals surface area contributed by atoms with Gasteiger partial charge in [-0.3, -0.25) is 33.8 Å². The zero-order valence-corrected chi connectivity index (χ0v) is 20.4. The molecule has 184 valence electrons. The summed E-state index contributed by atoms with van der Waals surface area (Å²) in [5.74, 6) is -3.44. The van der Waals surface area contributed by atoms with Crippen molar-refractivity contribution >= 4 is 51.7 Å². The molecule has 0 spiro atoms. The van der Waals surface area contributed by atoms with Crippen LogP contribution in [0.25, 0.3) is 0 Å². The van der Waals surface area contributed by atoms with Crippen LogP contribution in [-0.2, 0) is 42.9 Å². The van der Waals surface area contributed by atoms with E-state index in [1.165, 1.54) is 27.9 Å². The Balaban J connectivity index is 2.87. The SMILES string of the molecule is CC(=O)OCC(O[C@H](Br)CNC=C1C(=O)N(C)C(=O)N(C)C1=O)[C@H](COC(C)=O)OC(C)=O. The second kappa shape index (κ2) is 12.9. The molecule has 4 amide bonds. The smallest absolute Gasteiger partial charge is 0.333 e. The molecule has 1 saturated heterocycles. The number of barbiturate groups is 1. The number of alkyl halides is 1. The van der Waals surface area contributed by atoms with Gasteiger partial charge in [0, 0.05) is 41.1 Å². The van der Waals surface area contributed by atoms with Crippen molar-refractivity contribution in [2.45, 2.75) is 38.0 Å². The number of nitrogens with one attached hydrogen (secondary N) is 1. The molecule has 3 atom stereocenters. The molecule has 1 aliphatic rings. The van der Waals surface area contributed by atoms with Gasteiger partial charge in [0.05, 0.1) is 6.54 Å². The van der Waals surface area contributed by atoms with Gasteiger partial charge < -0.3 is 24.3 Å². The van der Waals surface area contributed by atoms with Gasteiger partial charge >= 0.3 is 23.9 Å². The second-order valence-corrected chi connectivity index (χ2v) is 7.84. The highest BCUT2D eigenvalue weighted by atomic mass is 79.9. The fraction of sp³-hybridized carbons (Fsp3) is 0.579. The van der Waals surface area contributed by atoms with Gasteiger partial charge in [-0.2, -0.15) is 0 Å². The summed E-state index contributed by atoms with van der Waals surface area (Å²) in [5, 5.41) is 1.94. The van der Waals surface area contributed by atoms with Crippen molar-refractivity contribution in [3.05, 3.63) is 11.8 Å². The van der Waals surface area contributed by atoms with Crippen LogP contribution in [-0.4, -0.2) is 96.6 Å². The number of hydrogen-bond donors (Lipinski definition) is 1. The minimum Gasteiger partial charge on any atom is -0.463 e. The second-order valence-electron chi connectivity index (χ2n) is 6.81. The highest BCUT2D eigenvalue weighted by Gasteiger charge is 2.38. The lowest BCUT2D eigenvalue weighted by molar-refractivity contribution is -0.174. The van der Waals surface area contributed by atoms with Gasteiger partial charge in [-0.25, -0.2) is 4.79 Å². The number of likely N-dealkylation sites (N-methyl/N-ethyl adjacent to an activating group) is 2. The van der Waals surface area contributed by atoms with E-state index >= 15 is 0 Å². The van der Waals surface area contributed by atoms with E-state index in [9.17, 15) is 28.8 Å². The minimum atomic E-state index is -1.08. The lowest BCUT2D eigenvalue weighted by Gasteiger charge is -2.29. The number of nitrogens with zero attached hydrogens (tertiary/aromatic N) is 2. The molecule has 0 radical (unpaired) electrons. The maximum Gasteiger partial charge on any atom is 0.333 e. The molecule has 1 fully saturated rings. The summed E-state index contributed by atoms with van der Waals surface area (Å²) in [6, 6.07) is -0.749. The first kappa shape index (κ1) is 28.0. The molecule has 0 aromatic heterocycles. The molecule has 14 heteroatoms. The van der Waals surface area contributed by atoms with E-state index in [0.29, 0.717) is 0 Å². The van der Waals surface area contributed by atoms with Crippen molar-refractivity contribution in [1.82, 2.24) is 15.1 Å². The van der Waals surface area contributed by atoms with Gasteiger partial charge in [-0.1, -0.05) is 15.9 Å². The summed E-state index contributed by atoms with van der Waals surface area (Å²) in [6.07, 6.45) is -0.964. The topological polar surface area (TPSA) is 158 Å². The van der Waals surface area contributed by atoms with E-state index < -0.39 is 53.0 Å². The number of imide groups is 2. The molecule has 1 N–H and O–H groups in total. The largest absolute Gasteiger partial charge is 0.463 e. The van der Waals surface area contributed by atoms with Gasteiger partial charge in [-0.15, -0.1) is 0 Å². The number of hydrogen-bond acceptors (Lipinski definition) is 11. The van der Waals surface area contributed by atoms with Gasteiger partial charge in [-0.05, 0) is 0 Å². The zero-order valence-electron chi connectivity index (χ0n) is 18.8. The van der Waals surface area contributed by atoms with E-state index in [1.807, 2.05) is 0 Å². The molecule has 0 bridgehead atoms. The number of urea groups is 1. The van der Waals surface area contributed by atoms with Crippen LogP contribution in [0.2, 0.25) is 0 Å². The molecule has 1 heterocycles. The normalized spacial score (nSPS) is 16.7. The highest BCUT2D eigenvalue weighted by molar-refractivity contribution is 9.09. The monoisotopic (exact) mass is 535 g/mol. The first-order valence-electron chi connectivity index (χ1n) is 9.62. The van der Waals surface area contributed by atoms with Gasteiger partial charge in [0.2, 0.25) is 0 Å². The van der Waals surface area contributed by atoms with Gasteiger partial charge in [0.15, 0.2) is 6.10 Å². The number of esters is 3. The quantitative estimate of drug-likeness (QED) is 0.121. The first-order chi connectivity index (χ1) is 15.3. The molecular formula is C19H26BrN3O10. The molecule has 0 aliphatic carbocycles. The summed E-state index contributed by atoms with van der Waals surface area (Å²) in [4.78, 5) is 71.6. The van der Waals surface area contributed by atoms with Crippen molar-refractivity contribution in [3.8, 4) is 0 Å². The van der Waals surface area contributed by atoms with Gasteiger partial charge in [0.1, 0.15) is 29.9 Å². The number of rotatable bonds is 11. The van der Waals surface area contributed by atoms with E-state index in [4.69, 9.17) is 18.9 Å². The molecular weight excluding hydrogens is 510 g/mol. The van der Waals surface area contributed by atoms with Crippen LogP contribution in [0.3, 0.4) is 0 Å². The zero-order chi connectivity index (χ0) is 25.3. The average Bonchev–Trinajstić information content (AvgIpc) is 2.73. The molecule has 13 nitrogen and oxygen atoms in total. The van der Waals surface area contributed by atoms with Crippen molar-refractivity contribution in [3.63, 3.8) is 0 Å². The Kier molecular flexibility index (Phi) is 10.9. The molecule has 0 aromatic rings. The Morgan fingerprint density at radius 2 is 1.39 bits per heavy atom. The van der Waals surface area contributed by atoms with Crippen LogP contribution in [0, 0.1) is 0 Å². The van der Waals surface area contributed by atoms with Crippen molar-refractivity contribution in [2.75, 3.05) is 33.9 Å². The van der Waals surface area contributed by atoms with Gasteiger partial charge in [0.25, 0.3) is 11.8 Å². The van der Waals surface area contributed by atoms with Crippen LogP contribution in [0.1, 0.15) is 20.8 Å². The van der Waals surface area contributed by atoms with Crippen molar-refractivity contribution in [1.29, 1.82) is 0 Å². The number of halogens is 1. The summed E-state index contributed by atoms with van der Waals surface area (Å²) in [5.41, 5.74) is -0.261.